The summed E-state index contributed by atoms with van der Waals surface area (Å²) in [5.41, 5.74) is 0.674. The van der Waals surface area contributed by atoms with E-state index in [1.54, 1.807) is 56.3 Å². The van der Waals surface area contributed by atoms with Crippen LogP contribution in [0.5, 0.6) is 5.75 Å². The zero-order valence-corrected chi connectivity index (χ0v) is 21.9. The van der Waals surface area contributed by atoms with Gasteiger partial charge in [0.25, 0.3) is 0 Å². The van der Waals surface area contributed by atoms with Gasteiger partial charge in [0.15, 0.2) is 0 Å². The van der Waals surface area contributed by atoms with Crippen molar-refractivity contribution in [2.24, 2.45) is 0 Å². The zero-order chi connectivity index (χ0) is 25.5. The van der Waals surface area contributed by atoms with Crippen molar-refractivity contribution in [2.45, 2.75) is 32.9 Å². The summed E-state index contributed by atoms with van der Waals surface area (Å²) in [6.07, 6.45) is 1.30. The van der Waals surface area contributed by atoms with E-state index < -0.39 is 28.5 Å². The third kappa shape index (κ3) is 6.77. The molecule has 8 nitrogen and oxygen atoms in total. The second kappa shape index (κ2) is 12.3. The number of sulfonamides is 1. The molecule has 2 aromatic carbocycles. The molecule has 0 radical (unpaired) electrons. The van der Waals surface area contributed by atoms with Crippen LogP contribution in [0.25, 0.3) is 0 Å². The molecule has 0 saturated carbocycles. The van der Waals surface area contributed by atoms with Crippen molar-refractivity contribution >= 4 is 50.7 Å². The Labute approximate surface area is 210 Å². The van der Waals surface area contributed by atoms with Gasteiger partial charge in [0.2, 0.25) is 21.8 Å². The van der Waals surface area contributed by atoms with Gasteiger partial charge in [0.1, 0.15) is 18.3 Å². The van der Waals surface area contributed by atoms with Crippen molar-refractivity contribution in [3.63, 3.8) is 0 Å². The average Bonchev–Trinajstić information content (AvgIpc) is 2.78. The molecule has 1 atom stereocenters. The molecule has 2 rings (SSSR count). The summed E-state index contributed by atoms with van der Waals surface area (Å²) in [4.78, 5) is 27.7. The molecule has 1 N–H and O–H groups in total. The molecule has 0 fully saturated rings. The van der Waals surface area contributed by atoms with Crippen molar-refractivity contribution in [1.82, 2.24) is 10.2 Å². The van der Waals surface area contributed by atoms with E-state index in [4.69, 9.17) is 27.9 Å². The highest BCUT2D eigenvalue weighted by molar-refractivity contribution is 7.92. The minimum atomic E-state index is -3.88. The summed E-state index contributed by atoms with van der Waals surface area (Å²) >= 11 is 12.7. The first-order valence-corrected chi connectivity index (χ1v) is 13.3. The molecule has 0 saturated heterocycles. The zero-order valence-electron chi connectivity index (χ0n) is 19.5. The highest BCUT2D eigenvalue weighted by atomic mass is 35.5. The van der Waals surface area contributed by atoms with Gasteiger partial charge in [0.05, 0.1) is 19.1 Å². The number of para-hydroxylation sites is 2. The highest BCUT2D eigenvalue weighted by Crippen LogP contribution is 2.31. The number of ether oxygens (including phenoxy) is 1. The van der Waals surface area contributed by atoms with Crippen LogP contribution in [0.4, 0.5) is 5.69 Å². The second-order valence-electron chi connectivity index (χ2n) is 7.48. The van der Waals surface area contributed by atoms with Crippen LogP contribution >= 0.6 is 23.2 Å². The topological polar surface area (TPSA) is 96.0 Å². The van der Waals surface area contributed by atoms with E-state index >= 15 is 0 Å². The van der Waals surface area contributed by atoms with Gasteiger partial charge in [-0.25, -0.2) is 8.42 Å². The van der Waals surface area contributed by atoms with E-state index in [-0.39, 0.29) is 23.9 Å². The predicted molar refractivity (Wildman–Crippen MR) is 135 cm³/mol. The number of hydrogen-bond acceptors (Lipinski definition) is 5. The van der Waals surface area contributed by atoms with Crippen LogP contribution in [0, 0.1) is 0 Å². The summed E-state index contributed by atoms with van der Waals surface area (Å²) in [6, 6.07) is 10.6. The molecule has 0 heterocycles. The van der Waals surface area contributed by atoms with E-state index in [0.29, 0.717) is 28.6 Å². The molecule has 34 heavy (non-hydrogen) atoms. The number of methoxy groups -OCH3 is 1. The fourth-order valence-corrected chi connectivity index (χ4v) is 4.87. The summed E-state index contributed by atoms with van der Waals surface area (Å²) in [7, 11) is -2.47. The van der Waals surface area contributed by atoms with Crippen LogP contribution in [0.3, 0.4) is 0 Å². The van der Waals surface area contributed by atoms with Gasteiger partial charge in [-0.1, -0.05) is 48.3 Å². The van der Waals surface area contributed by atoms with Crippen molar-refractivity contribution in [2.75, 3.05) is 30.8 Å². The maximum absolute atomic E-state index is 13.6. The number of benzene rings is 2. The third-order valence-electron chi connectivity index (χ3n) is 5.16. The number of nitrogens with zero attached hydrogens (tertiary/aromatic N) is 2. The lowest BCUT2D eigenvalue weighted by Gasteiger charge is -2.33. The Balaban J connectivity index is 2.53. The Hall–Kier alpha value is -2.49. The Bertz CT molecular complexity index is 1110. The molecule has 186 valence electrons. The van der Waals surface area contributed by atoms with E-state index in [0.717, 1.165) is 10.6 Å². The number of carbonyl (C=O) groups is 2. The molecule has 0 spiro atoms. The third-order valence-corrected chi connectivity index (χ3v) is 6.99. The molecule has 0 bridgehead atoms. The van der Waals surface area contributed by atoms with Gasteiger partial charge >= 0.3 is 0 Å². The Morgan fingerprint density at radius 1 is 1.06 bits per heavy atom. The van der Waals surface area contributed by atoms with Gasteiger partial charge in [-0.2, -0.15) is 0 Å². The first kappa shape index (κ1) is 27.8. The Morgan fingerprint density at radius 3 is 2.21 bits per heavy atom. The maximum Gasteiger partial charge on any atom is 0.244 e. The van der Waals surface area contributed by atoms with Crippen molar-refractivity contribution in [3.8, 4) is 5.75 Å². The van der Waals surface area contributed by atoms with E-state index in [2.05, 4.69) is 5.32 Å². The SMILES string of the molecule is CCNC(=O)[C@@H](CC)N(Cc1c(Cl)cccc1Cl)C(=O)CN(c1ccccc1OC)S(C)(=O)=O. The molecule has 2 amide bonds. The molecular formula is C23H29Cl2N3O5S. The lowest BCUT2D eigenvalue weighted by atomic mass is 10.1. The minimum Gasteiger partial charge on any atom is -0.495 e. The fourth-order valence-electron chi connectivity index (χ4n) is 3.50. The van der Waals surface area contributed by atoms with Gasteiger partial charge < -0.3 is 15.0 Å². The lowest BCUT2D eigenvalue weighted by molar-refractivity contribution is -0.140. The van der Waals surface area contributed by atoms with E-state index in [1.165, 1.54) is 12.0 Å². The standard InChI is InChI=1S/C23H29Cl2N3O5S/c1-5-19(23(30)26-6-2)27(14-16-17(24)10-9-11-18(16)25)22(29)15-28(34(4,31)32)20-12-7-8-13-21(20)33-3/h7-13,19H,5-6,14-15H2,1-4H3,(H,26,30)/t19-/m1/s1. The Morgan fingerprint density at radius 2 is 1.68 bits per heavy atom. The van der Waals surface area contributed by atoms with Crippen LogP contribution in [0.15, 0.2) is 42.5 Å². The van der Waals surface area contributed by atoms with Crippen LogP contribution in [0.2, 0.25) is 10.0 Å². The fraction of sp³-hybridized carbons (Fsp3) is 0.391. The van der Waals surface area contributed by atoms with Crippen molar-refractivity contribution in [3.05, 3.63) is 58.1 Å². The first-order chi connectivity index (χ1) is 16.0. The summed E-state index contributed by atoms with van der Waals surface area (Å²) in [6.45, 7) is 3.30. The Kier molecular flexibility index (Phi) is 10.0. The van der Waals surface area contributed by atoms with Crippen molar-refractivity contribution < 1.29 is 22.7 Å². The molecule has 11 heteroatoms. The molecule has 0 aliphatic carbocycles. The smallest absolute Gasteiger partial charge is 0.244 e. The largest absolute Gasteiger partial charge is 0.495 e. The first-order valence-electron chi connectivity index (χ1n) is 10.7. The quantitative estimate of drug-likeness (QED) is 0.478. The monoisotopic (exact) mass is 529 g/mol. The normalized spacial score (nSPS) is 12.1. The molecule has 0 aliphatic heterocycles. The number of halogens is 2. The number of rotatable bonds is 11. The van der Waals surface area contributed by atoms with Crippen molar-refractivity contribution in [1.29, 1.82) is 0 Å². The van der Waals surface area contributed by atoms with Gasteiger partial charge in [-0.3, -0.25) is 13.9 Å². The molecule has 2 aromatic rings. The number of anilines is 1. The van der Waals surface area contributed by atoms with Crippen LogP contribution in [-0.4, -0.2) is 57.6 Å². The molecule has 0 unspecified atom stereocenters. The van der Waals surface area contributed by atoms with E-state index in [1.807, 2.05) is 0 Å². The predicted octanol–water partition coefficient (Wildman–Crippen LogP) is 3.71. The summed E-state index contributed by atoms with van der Waals surface area (Å²) in [5, 5.41) is 3.40. The summed E-state index contributed by atoms with van der Waals surface area (Å²) in [5.74, 6) is -0.660. The maximum atomic E-state index is 13.6. The van der Waals surface area contributed by atoms with E-state index in [9.17, 15) is 18.0 Å². The van der Waals surface area contributed by atoms with Crippen LogP contribution in [0.1, 0.15) is 25.8 Å². The number of amides is 2. The van der Waals surface area contributed by atoms with Gasteiger partial charge in [0, 0.05) is 28.7 Å². The highest BCUT2D eigenvalue weighted by Gasteiger charge is 2.33. The molecular weight excluding hydrogens is 501 g/mol. The second-order valence-corrected chi connectivity index (χ2v) is 10.2. The number of carbonyl (C=O) groups excluding carboxylic acids is 2. The van der Waals surface area contributed by atoms with Crippen LogP contribution < -0.4 is 14.4 Å². The minimum absolute atomic E-state index is 0.0729. The molecule has 0 aliphatic rings. The van der Waals surface area contributed by atoms with Crippen LogP contribution in [-0.2, 0) is 26.2 Å². The number of likely N-dealkylation sites (N-methyl/N-ethyl adjacent to an activating group) is 1. The molecule has 0 aromatic heterocycles. The summed E-state index contributed by atoms with van der Waals surface area (Å²) < 4.78 is 31.6. The lowest BCUT2D eigenvalue weighted by Crippen LogP contribution is -2.52. The van der Waals surface area contributed by atoms with Gasteiger partial charge in [-0.05, 0) is 37.6 Å². The number of hydrogen-bond donors (Lipinski definition) is 1. The average molecular weight is 530 g/mol. The number of nitrogens with one attached hydrogen (secondary N) is 1. The van der Waals surface area contributed by atoms with Gasteiger partial charge in [-0.15, -0.1) is 0 Å².